The number of hydrogen-bond donors (Lipinski definition) is 1. The monoisotopic (exact) mass is 246 g/mol. The number of rotatable bonds is 5. The molecule has 0 saturated carbocycles. The molecule has 98 valence electrons. The molecule has 1 aromatic carbocycles. The molecule has 18 heavy (non-hydrogen) atoms. The fraction of sp³-hybridized carbons (Fsp3) is 0.533. The Hall–Kier alpha value is -1.35. The molecule has 0 aromatic heterocycles. The Morgan fingerprint density at radius 2 is 2.11 bits per heavy atom. The number of hydrogen-bond acceptors (Lipinski definition) is 2. The molecule has 1 heterocycles. The Morgan fingerprint density at radius 1 is 1.33 bits per heavy atom. The Bertz CT molecular complexity index is 442. The van der Waals surface area contributed by atoms with Crippen molar-refractivity contribution in [2.24, 2.45) is 0 Å². The maximum absolute atomic E-state index is 12.4. The van der Waals surface area contributed by atoms with E-state index in [1.807, 2.05) is 11.9 Å². The molecule has 0 saturated heterocycles. The fourth-order valence-electron chi connectivity index (χ4n) is 2.53. The van der Waals surface area contributed by atoms with E-state index in [0.29, 0.717) is 0 Å². The van der Waals surface area contributed by atoms with Crippen LogP contribution in [0.2, 0.25) is 0 Å². The largest absolute Gasteiger partial charge is 0.310 e. The molecule has 1 atom stereocenters. The summed E-state index contributed by atoms with van der Waals surface area (Å²) in [6.07, 6.45) is 3.17. The lowest BCUT2D eigenvalue weighted by atomic mass is 10.0. The highest BCUT2D eigenvalue weighted by Crippen LogP contribution is 2.36. The van der Waals surface area contributed by atoms with Crippen molar-refractivity contribution in [1.29, 1.82) is 0 Å². The van der Waals surface area contributed by atoms with E-state index in [4.69, 9.17) is 0 Å². The molecule has 0 fully saturated rings. The first-order valence-electron chi connectivity index (χ1n) is 6.84. The molecular formula is C15H22N2O. The van der Waals surface area contributed by atoms with Crippen molar-refractivity contribution >= 4 is 11.6 Å². The van der Waals surface area contributed by atoms with Gasteiger partial charge in [0.05, 0.1) is 0 Å². The zero-order valence-corrected chi connectivity index (χ0v) is 11.5. The number of nitrogens with one attached hydrogen (secondary N) is 1. The summed E-state index contributed by atoms with van der Waals surface area (Å²) in [4.78, 5) is 14.3. The third kappa shape index (κ3) is 2.15. The number of unbranched alkanes of at least 4 members (excludes halogenated alkanes) is 1. The standard InChI is InChI=1S/C15H22N2O/c1-4-6-9-17-13-8-7-11(5-2)10-12(13)14(16-3)15(17)18/h7-8,10,14,16H,4-6,9H2,1-3H3. The second-order valence-corrected chi connectivity index (χ2v) is 4.81. The van der Waals surface area contributed by atoms with E-state index >= 15 is 0 Å². The average Bonchev–Trinajstić information content (AvgIpc) is 2.66. The molecule has 1 aromatic rings. The van der Waals surface area contributed by atoms with Gasteiger partial charge in [-0.15, -0.1) is 0 Å². The molecular weight excluding hydrogens is 224 g/mol. The van der Waals surface area contributed by atoms with Gasteiger partial charge in [-0.25, -0.2) is 0 Å². The number of nitrogens with zero attached hydrogens (tertiary/aromatic N) is 1. The molecule has 1 aliphatic rings. The number of benzene rings is 1. The van der Waals surface area contributed by atoms with E-state index in [9.17, 15) is 4.79 Å². The predicted molar refractivity (Wildman–Crippen MR) is 74.9 cm³/mol. The average molecular weight is 246 g/mol. The predicted octanol–water partition coefficient (Wildman–Crippen LogP) is 2.66. The van der Waals surface area contributed by atoms with Crippen LogP contribution in [-0.2, 0) is 11.2 Å². The quantitative estimate of drug-likeness (QED) is 0.866. The second kappa shape index (κ2) is 5.53. The molecule has 3 heteroatoms. The maximum Gasteiger partial charge on any atom is 0.248 e. The first-order valence-corrected chi connectivity index (χ1v) is 6.84. The van der Waals surface area contributed by atoms with Crippen LogP contribution in [0.15, 0.2) is 18.2 Å². The molecule has 2 rings (SSSR count). The second-order valence-electron chi connectivity index (χ2n) is 4.81. The molecule has 3 nitrogen and oxygen atoms in total. The minimum absolute atomic E-state index is 0.164. The lowest BCUT2D eigenvalue weighted by Gasteiger charge is -2.17. The number of amides is 1. The van der Waals surface area contributed by atoms with E-state index < -0.39 is 0 Å². The Balaban J connectivity index is 2.36. The van der Waals surface area contributed by atoms with Crippen LogP contribution >= 0.6 is 0 Å². The van der Waals surface area contributed by atoms with Crippen molar-refractivity contribution in [3.63, 3.8) is 0 Å². The van der Waals surface area contributed by atoms with Crippen LogP contribution in [0.3, 0.4) is 0 Å². The third-order valence-electron chi connectivity index (χ3n) is 3.64. The molecule has 1 unspecified atom stereocenters. The van der Waals surface area contributed by atoms with Gasteiger partial charge in [0.1, 0.15) is 6.04 Å². The third-order valence-corrected chi connectivity index (χ3v) is 3.64. The van der Waals surface area contributed by atoms with Crippen molar-refractivity contribution in [3.05, 3.63) is 29.3 Å². The van der Waals surface area contributed by atoms with Crippen LogP contribution in [0.25, 0.3) is 0 Å². The van der Waals surface area contributed by atoms with Crippen molar-refractivity contribution in [2.75, 3.05) is 18.5 Å². The first kappa shape index (κ1) is 13.1. The minimum Gasteiger partial charge on any atom is -0.310 e. The minimum atomic E-state index is -0.164. The van der Waals surface area contributed by atoms with Gasteiger partial charge in [0.25, 0.3) is 0 Å². The highest BCUT2D eigenvalue weighted by molar-refractivity contribution is 6.04. The van der Waals surface area contributed by atoms with E-state index in [1.54, 1.807) is 0 Å². The summed E-state index contributed by atoms with van der Waals surface area (Å²) in [5.41, 5.74) is 3.52. The van der Waals surface area contributed by atoms with Crippen molar-refractivity contribution in [2.45, 2.75) is 39.2 Å². The van der Waals surface area contributed by atoms with Crippen LogP contribution in [-0.4, -0.2) is 19.5 Å². The summed E-state index contributed by atoms with van der Waals surface area (Å²) in [6, 6.07) is 6.23. The van der Waals surface area contributed by atoms with Gasteiger partial charge >= 0.3 is 0 Å². The number of fused-ring (bicyclic) bond motifs is 1. The highest BCUT2D eigenvalue weighted by atomic mass is 16.2. The zero-order valence-electron chi connectivity index (χ0n) is 11.5. The summed E-state index contributed by atoms with van der Waals surface area (Å²) in [5.74, 6) is 0.189. The molecule has 0 aliphatic carbocycles. The number of anilines is 1. The van der Waals surface area contributed by atoms with Crippen LogP contribution < -0.4 is 10.2 Å². The van der Waals surface area contributed by atoms with Gasteiger partial charge in [0.15, 0.2) is 0 Å². The summed E-state index contributed by atoms with van der Waals surface area (Å²) in [7, 11) is 1.86. The molecule has 0 bridgehead atoms. The molecule has 0 spiro atoms. The molecule has 1 N–H and O–H groups in total. The zero-order chi connectivity index (χ0) is 13.1. The number of carbonyl (C=O) groups excluding carboxylic acids is 1. The Labute approximate surface area is 109 Å². The molecule has 1 amide bonds. The van der Waals surface area contributed by atoms with Crippen molar-refractivity contribution in [1.82, 2.24) is 5.32 Å². The number of likely N-dealkylation sites (N-methyl/N-ethyl adjacent to an activating group) is 1. The van der Waals surface area contributed by atoms with Gasteiger partial charge in [-0.2, -0.15) is 0 Å². The highest BCUT2D eigenvalue weighted by Gasteiger charge is 2.35. The smallest absolute Gasteiger partial charge is 0.248 e. The van der Waals surface area contributed by atoms with Crippen LogP contribution in [0.1, 0.15) is 43.9 Å². The van der Waals surface area contributed by atoms with Gasteiger partial charge in [-0.05, 0) is 31.5 Å². The van der Waals surface area contributed by atoms with E-state index in [-0.39, 0.29) is 11.9 Å². The van der Waals surface area contributed by atoms with Crippen molar-refractivity contribution in [3.8, 4) is 0 Å². The SMILES string of the molecule is CCCCN1C(=O)C(NC)c2cc(CC)ccc21. The number of aryl methyl sites for hydroxylation is 1. The Morgan fingerprint density at radius 3 is 2.72 bits per heavy atom. The summed E-state index contributed by atoms with van der Waals surface area (Å²) < 4.78 is 0. The fourth-order valence-corrected chi connectivity index (χ4v) is 2.53. The van der Waals surface area contributed by atoms with Crippen LogP contribution in [0, 0.1) is 0 Å². The topological polar surface area (TPSA) is 32.3 Å². The maximum atomic E-state index is 12.4. The lowest BCUT2D eigenvalue weighted by Crippen LogP contribution is -2.33. The van der Waals surface area contributed by atoms with E-state index in [0.717, 1.165) is 37.1 Å². The number of carbonyl (C=O) groups is 1. The van der Waals surface area contributed by atoms with Crippen LogP contribution in [0.5, 0.6) is 0 Å². The van der Waals surface area contributed by atoms with E-state index in [2.05, 4.69) is 37.4 Å². The van der Waals surface area contributed by atoms with E-state index in [1.165, 1.54) is 5.56 Å². The van der Waals surface area contributed by atoms with Gasteiger partial charge in [-0.1, -0.05) is 32.4 Å². The first-order chi connectivity index (χ1) is 8.72. The van der Waals surface area contributed by atoms with Crippen LogP contribution in [0.4, 0.5) is 5.69 Å². The summed E-state index contributed by atoms with van der Waals surface area (Å²) in [5, 5.41) is 3.14. The van der Waals surface area contributed by atoms with Gasteiger partial charge in [-0.3, -0.25) is 4.79 Å². The molecule has 0 radical (unpaired) electrons. The summed E-state index contributed by atoms with van der Waals surface area (Å²) >= 11 is 0. The normalized spacial score (nSPS) is 18.3. The van der Waals surface area contributed by atoms with Crippen molar-refractivity contribution < 1.29 is 4.79 Å². The lowest BCUT2D eigenvalue weighted by molar-refractivity contribution is -0.119. The van der Waals surface area contributed by atoms with Gasteiger partial charge in [0.2, 0.25) is 5.91 Å². The summed E-state index contributed by atoms with van der Waals surface area (Å²) in [6.45, 7) is 5.12. The van der Waals surface area contributed by atoms with Gasteiger partial charge < -0.3 is 10.2 Å². The van der Waals surface area contributed by atoms with Gasteiger partial charge in [0, 0.05) is 17.8 Å². The molecule has 1 aliphatic heterocycles. The Kier molecular flexibility index (Phi) is 4.02.